The summed E-state index contributed by atoms with van der Waals surface area (Å²) in [6, 6.07) is 9.32. The van der Waals surface area contributed by atoms with Gasteiger partial charge in [-0.05, 0) is 49.2 Å². The fourth-order valence-electron chi connectivity index (χ4n) is 3.63. The van der Waals surface area contributed by atoms with E-state index in [0.717, 1.165) is 22.3 Å². The van der Waals surface area contributed by atoms with Crippen LogP contribution in [0.1, 0.15) is 11.4 Å². The summed E-state index contributed by atoms with van der Waals surface area (Å²) < 4.78 is 12.3. The van der Waals surface area contributed by atoms with Crippen LogP contribution in [0.15, 0.2) is 65.0 Å². The molecule has 0 amide bonds. The summed E-state index contributed by atoms with van der Waals surface area (Å²) >= 11 is 0. The molecule has 0 bridgehead atoms. The molecule has 3 heterocycles. The number of hydrogen-bond donors (Lipinski definition) is 3. The van der Waals surface area contributed by atoms with Crippen molar-refractivity contribution in [2.45, 2.75) is 6.92 Å². The summed E-state index contributed by atoms with van der Waals surface area (Å²) in [5.74, 6) is 0.662. The van der Waals surface area contributed by atoms with Crippen molar-refractivity contribution in [2.75, 3.05) is 19.5 Å². The lowest BCUT2D eigenvalue weighted by Crippen LogP contribution is -2.13. The van der Waals surface area contributed by atoms with Crippen molar-refractivity contribution in [3.8, 4) is 0 Å². The first-order valence-corrected chi connectivity index (χ1v) is 10.4. The first-order chi connectivity index (χ1) is 16.4. The number of pyridine rings is 2. The Kier molecular flexibility index (Phi) is 6.05. The normalized spacial score (nSPS) is 12.2. The van der Waals surface area contributed by atoms with Gasteiger partial charge in [0.2, 0.25) is 11.8 Å². The molecule has 3 aromatic heterocycles. The van der Waals surface area contributed by atoms with Crippen molar-refractivity contribution >= 4 is 44.7 Å². The number of nitrogens with one attached hydrogen (secondary N) is 2. The molecule has 0 unspecified atom stereocenters. The number of nitrogens with zero attached hydrogens (tertiary/aromatic N) is 4. The van der Waals surface area contributed by atoms with Crippen LogP contribution in [-0.4, -0.2) is 39.9 Å². The van der Waals surface area contributed by atoms with Gasteiger partial charge in [0.25, 0.3) is 5.56 Å². The molecular formula is C24H25N7O3. The number of H-pyrrole nitrogens is 1. The highest BCUT2D eigenvalue weighted by Crippen LogP contribution is 2.28. The fourth-order valence-corrected chi connectivity index (χ4v) is 3.63. The molecule has 10 heteroatoms. The zero-order chi connectivity index (χ0) is 24.4. The van der Waals surface area contributed by atoms with Gasteiger partial charge in [-0.15, -0.1) is 0 Å². The summed E-state index contributed by atoms with van der Waals surface area (Å²) in [5, 5.41) is 9.90. The minimum atomic E-state index is -0.277. The van der Waals surface area contributed by atoms with Gasteiger partial charge in [-0.1, -0.05) is 0 Å². The Morgan fingerprint density at radius 2 is 2.06 bits per heavy atom. The molecule has 0 saturated carbocycles. The maximum absolute atomic E-state index is 12.7. The number of ether oxygens (including phenoxy) is 2. The topological polar surface area (TPSA) is 132 Å². The van der Waals surface area contributed by atoms with E-state index in [-0.39, 0.29) is 17.3 Å². The van der Waals surface area contributed by atoms with Gasteiger partial charge in [0.05, 0.1) is 36.4 Å². The second kappa shape index (κ2) is 9.10. The van der Waals surface area contributed by atoms with Gasteiger partial charge in [0, 0.05) is 36.2 Å². The van der Waals surface area contributed by atoms with Crippen molar-refractivity contribution < 1.29 is 9.47 Å². The average molecular weight is 460 g/mol. The van der Waals surface area contributed by atoms with E-state index in [2.05, 4.69) is 27.0 Å². The van der Waals surface area contributed by atoms with Crippen LogP contribution < -0.4 is 16.6 Å². The Bertz CT molecular complexity index is 1530. The number of aryl methyl sites for hydroxylation is 2. The minimum absolute atomic E-state index is 0.144. The van der Waals surface area contributed by atoms with Crippen LogP contribution in [0.25, 0.3) is 27.2 Å². The van der Waals surface area contributed by atoms with Gasteiger partial charge >= 0.3 is 0 Å². The van der Waals surface area contributed by atoms with Crippen molar-refractivity contribution in [1.29, 1.82) is 0 Å². The van der Waals surface area contributed by atoms with E-state index in [1.54, 1.807) is 18.3 Å². The Balaban J connectivity index is 1.87. The lowest BCUT2D eigenvalue weighted by molar-refractivity contribution is 0.286. The Hall–Kier alpha value is -4.60. The predicted molar refractivity (Wildman–Crippen MR) is 134 cm³/mol. The minimum Gasteiger partial charge on any atom is -0.481 e. The standard InChI is InChI=1S/C24H25N7O3/c1-13-17-7-6-16(11-20(17)30-31(13)3)28-22-21-15(8-9-26-23(21)32)10-19(29-22)18(12-25)24(34-5)27-14(2)33-4/h6-12H,2,25H2,1,3-5H3,(H,26,32)(H,28,29)/b18-12-,27-24+. The van der Waals surface area contributed by atoms with E-state index in [9.17, 15) is 4.79 Å². The first-order valence-electron chi connectivity index (χ1n) is 10.4. The zero-order valence-corrected chi connectivity index (χ0v) is 19.3. The van der Waals surface area contributed by atoms with Crippen molar-refractivity contribution in [3.05, 3.63) is 76.9 Å². The second-order valence-electron chi connectivity index (χ2n) is 7.49. The molecule has 0 spiro atoms. The van der Waals surface area contributed by atoms with Crippen molar-refractivity contribution in [3.63, 3.8) is 0 Å². The van der Waals surface area contributed by atoms with Crippen LogP contribution in [0.4, 0.5) is 11.5 Å². The lowest BCUT2D eigenvalue weighted by Gasteiger charge is -2.14. The van der Waals surface area contributed by atoms with Crippen molar-refractivity contribution in [1.82, 2.24) is 19.7 Å². The van der Waals surface area contributed by atoms with Crippen LogP contribution in [0.5, 0.6) is 0 Å². The molecule has 34 heavy (non-hydrogen) atoms. The number of aromatic amines is 1. The van der Waals surface area contributed by atoms with Crippen LogP contribution in [-0.2, 0) is 16.5 Å². The molecular weight excluding hydrogens is 434 g/mol. The number of benzene rings is 1. The van der Waals surface area contributed by atoms with Gasteiger partial charge in [-0.2, -0.15) is 10.1 Å². The number of nitrogens with two attached hydrogens (primary N) is 1. The Morgan fingerprint density at radius 1 is 1.26 bits per heavy atom. The molecule has 0 aliphatic heterocycles. The monoisotopic (exact) mass is 459 g/mol. The molecule has 4 rings (SSSR count). The molecule has 0 saturated heterocycles. The van der Waals surface area contributed by atoms with Gasteiger partial charge in [-0.25, -0.2) is 4.98 Å². The van der Waals surface area contributed by atoms with E-state index < -0.39 is 0 Å². The summed E-state index contributed by atoms with van der Waals surface area (Å²) in [7, 11) is 4.81. The third kappa shape index (κ3) is 4.08. The van der Waals surface area contributed by atoms with Gasteiger partial charge in [-0.3, -0.25) is 9.48 Å². The van der Waals surface area contributed by atoms with E-state index in [1.807, 2.05) is 36.9 Å². The number of rotatable bonds is 6. The number of aromatic nitrogens is 4. The number of methoxy groups -OCH3 is 2. The summed E-state index contributed by atoms with van der Waals surface area (Å²) in [5.41, 5.74) is 9.11. The highest BCUT2D eigenvalue weighted by Gasteiger charge is 2.18. The van der Waals surface area contributed by atoms with E-state index >= 15 is 0 Å². The average Bonchev–Trinajstić information content (AvgIpc) is 3.11. The van der Waals surface area contributed by atoms with Crippen LogP contribution in [0, 0.1) is 6.92 Å². The molecule has 0 fully saturated rings. The van der Waals surface area contributed by atoms with E-state index in [0.29, 0.717) is 27.9 Å². The molecule has 10 nitrogen and oxygen atoms in total. The Morgan fingerprint density at radius 3 is 2.76 bits per heavy atom. The van der Waals surface area contributed by atoms with Crippen LogP contribution in [0.2, 0.25) is 0 Å². The van der Waals surface area contributed by atoms with Gasteiger partial charge in [0.15, 0.2) is 0 Å². The van der Waals surface area contributed by atoms with Crippen LogP contribution in [0.3, 0.4) is 0 Å². The molecule has 0 aliphatic rings. The lowest BCUT2D eigenvalue weighted by atomic mass is 10.1. The van der Waals surface area contributed by atoms with E-state index in [1.165, 1.54) is 20.4 Å². The largest absolute Gasteiger partial charge is 0.481 e. The second-order valence-corrected chi connectivity index (χ2v) is 7.49. The maximum Gasteiger partial charge on any atom is 0.259 e. The molecule has 1 aromatic carbocycles. The summed E-state index contributed by atoms with van der Waals surface area (Å²) in [6.07, 6.45) is 2.91. The third-order valence-corrected chi connectivity index (χ3v) is 5.48. The molecule has 4 N–H and O–H groups in total. The number of aliphatic imine (C=N–C) groups is 1. The first kappa shape index (κ1) is 22.6. The molecule has 4 aromatic rings. The molecule has 0 atom stereocenters. The fraction of sp³-hybridized carbons (Fsp3) is 0.167. The Labute approximate surface area is 195 Å². The zero-order valence-electron chi connectivity index (χ0n) is 19.3. The molecule has 0 radical (unpaired) electrons. The van der Waals surface area contributed by atoms with Crippen LogP contribution >= 0.6 is 0 Å². The summed E-state index contributed by atoms with van der Waals surface area (Å²) in [6.45, 7) is 5.70. The molecule has 0 aliphatic carbocycles. The van der Waals surface area contributed by atoms with Crippen molar-refractivity contribution in [2.24, 2.45) is 17.8 Å². The van der Waals surface area contributed by atoms with E-state index in [4.69, 9.17) is 20.2 Å². The SMILES string of the molecule is C=C(/N=C(OC)\C(=C/N)c1cc2cc[nH]c(=O)c2c(Nc2ccc3c(C)n(C)nc3c2)n1)OC. The third-order valence-electron chi connectivity index (χ3n) is 5.48. The van der Waals surface area contributed by atoms with Gasteiger partial charge < -0.3 is 25.5 Å². The van der Waals surface area contributed by atoms with Gasteiger partial charge in [0.1, 0.15) is 5.82 Å². The number of hydrogen-bond acceptors (Lipinski definition) is 8. The predicted octanol–water partition coefficient (Wildman–Crippen LogP) is 3.32. The molecule has 174 valence electrons. The quantitative estimate of drug-likeness (QED) is 0.229. The highest BCUT2D eigenvalue weighted by molar-refractivity contribution is 6.20. The highest BCUT2D eigenvalue weighted by atomic mass is 16.5. The smallest absolute Gasteiger partial charge is 0.259 e. The maximum atomic E-state index is 12.7. The number of anilines is 2. The number of fused-ring (bicyclic) bond motifs is 2. The summed E-state index contributed by atoms with van der Waals surface area (Å²) in [4.78, 5) is 24.3.